The van der Waals surface area contributed by atoms with Gasteiger partial charge in [-0.05, 0) is 18.9 Å². The lowest BCUT2D eigenvalue weighted by Crippen LogP contribution is -2.50. The number of benzene rings is 1. The average molecular weight is 387 g/mol. The van der Waals surface area contributed by atoms with Crippen molar-refractivity contribution in [3.8, 4) is 0 Å². The number of nitrogens with zero attached hydrogens (tertiary/aromatic N) is 3. The molecule has 1 aromatic carbocycles. The van der Waals surface area contributed by atoms with Crippen LogP contribution in [0.3, 0.4) is 0 Å². The number of aliphatic hydroxyl groups is 2. The summed E-state index contributed by atoms with van der Waals surface area (Å²) in [5.74, 6) is 0.414. The molecule has 0 amide bonds. The van der Waals surface area contributed by atoms with E-state index in [4.69, 9.17) is 10.5 Å². The van der Waals surface area contributed by atoms with E-state index in [1.807, 2.05) is 37.3 Å². The smallest absolute Gasteiger partial charge is 0.280 e. The topological polar surface area (TPSA) is 126 Å². The van der Waals surface area contributed by atoms with Gasteiger partial charge in [0.25, 0.3) is 5.56 Å². The Hall–Kier alpha value is -2.62. The molecular formula is C19H25N5O4. The minimum atomic E-state index is -1.35. The molecular weight excluding hydrogens is 362 g/mol. The summed E-state index contributed by atoms with van der Waals surface area (Å²) >= 11 is 0. The Kier molecular flexibility index (Phi) is 4.74. The SMILES string of the molecule is CC(Cc1ccccc1)n1c(N)nc2c(c1=O)NCN2C1(O)COC(CO)C1. The Balaban J connectivity index is 1.65. The van der Waals surface area contributed by atoms with E-state index in [-0.39, 0.29) is 43.9 Å². The van der Waals surface area contributed by atoms with Gasteiger partial charge in [0, 0.05) is 12.5 Å². The maximum atomic E-state index is 13.1. The van der Waals surface area contributed by atoms with Crippen molar-refractivity contribution in [2.45, 2.75) is 37.6 Å². The molecule has 0 spiro atoms. The Morgan fingerprint density at radius 2 is 2.18 bits per heavy atom. The molecule has 150 valence electrons. The van der Waals surface area contributed by atoms with Crippen LogP contribution in [0.25, 0.3) is 0 Å². The molecule has 0 bridgehead atoms. The van der Waals surface area contributed by atoms with Crippen LogP contribution < -0.4 is 21.5 Å². The van der Waals surface area contributed by atoms with Crippen molar-refractivity contribution in [2.24, 2.45) is 0 Å². The summed E-state index contributed by atoms with van der Waals surface area (Å²) in [6.45, 7) is 1.99. The van der Waals surface area contributed by atoms with Crippen molar-refractivity contribution in [3.63, 3.8) is 0 Å². The standard InChI is InChI=1S/C19H25N5O4/c1-12(7-13-5-3-2-4-6-13)24-17(26)15-16(22-18(24)20)23(11-21-15)19(27)8-14(9-25)28-10-19/h2-6,12,14,21,25,27H,7-11H2,1H3,(H2,20,22). The number of aromatic nitrogens is 2. The van der Waals surface area contributed by atoms with E-state index in [1.165, 1.54) is 4.57 Å². The second-order valence-corrected chi connectivity index (χ2v) is 7.45. The highest BCUT2D eigenvalue weighted by molar-refractivity contribution is 5.72. The Bertz CT molecular complexity index is 919. The first-order valence-electron chi connectivity index (χ1n) is 9.35. The number of anilines is 3. The van der Waals surface area contributed by atoms with Gasteiger partial charge in [-0.1, -0.05) is 30.3 Å². The summed E-state index contributed by atoms with van der Waals surface area (Å²) in [5.41, 5.74) is 5.95. The zero-order valence-corrected chi connectivity index (χ0v) is 15.7. The summed E-state index contributed by atoms with van der Waals surface area (Å²) in [6, 6.07) is 9.69. The van der Waals surface area contributed by atoms with Crippen molar-refractivity contribution in [2.75, 3.05) is 35.8 Å². The lowest BCUT2D eigenvalue weighted by molar-refractivity contribution is 0.0143. The first-order chi connectivity index (χ1) is 13.4. The summed E-state index contributed by atoms with van der Waals surface area (Å²) in [5, 5.41) is 23.3. The fraction of sp³-hybridized carbons (Fsp3) is 0.474. The normalized spacial score (nSPS) is 24.8. The predicted octanol–water partition coefficient (Wildman–Crippen LogP) is 0.288. The predicted molar refractivity (Wildman–Crippen MR) is 105 cm³/mol. The molecule has 2 aromatic rings. The highest BCUT2D eigenvalue weighted by Gasteiger charge is 2.47. The zero-order valence-electron chi connectivity index (χ0n) is 15.7. The fourth-order valence-electron chi connectivity index (χ4n) is 3.98. The molecule has 9 heteroatoms. The highest BCUT2D eigenvalue weighted by Crippen LogP contribution is 2.37. The number of rotatable bonds is 5. The summed E-state index contributed by atoms with van der Waals surface area (Å²) in [7, 11) is 0. The quantitative estimate of drug-likeness (QED) is 0.577. The molecule has 9 nitrogen and oxygen atoms in total. The number of nitrogens with two attached hydrogens (primary N) is 1. The van der Waals surface area contributed by atoms with E-state index in [1.54, 1.807) is 4.90 Å². The maximum Gasteiger partial charge on any atom is 0.280 e. The van der Waals surface area contributed by atoms with Crippen molar-refractivity contribution >= 4 is 17.5 Å². The molecule has 3 atom stereocenters. The molecule has 4 rings (SSSR count). The van der Waals surface area contributed by atoms with Crippen LogP contribution in [-0.2, 0) is 11.2 Å². The third kappa shape index (κ3) is 3.11. The Labute approximate surface area is 162 Å². The summed E-state index contributed by atoms with van der Waals surface area (Å²) < 4.78 is 6.90. The van der Waals surface area contributed by atoms with Crippen LogP contribution in [0.4, 0.5) is 17.5 Å². The van der Waals surface area contributed by atoms with Crippen LogP contribution in [0, 0.1) is 0 Å². The molecule has 3 heterocycles. The van der Waals surface area contributed by atoms with Crippen molar-refractivity contribution < 1.29 is 14.9 Å². The lowest BCUT2D eigenvalue weighted by atomic mass is 10.1. The number of fused-ring (bicyclic) bond motifs is 1. The van der Waals surface area contributed by atoms with Gasteiger partial charge >= 0.3 is 0 Å². The molecule has 0 radical (unpaired) electrons. The van der Waals surface area contributed by atoms with Gasteiger partial charge in [0.05, 0.1) is 26.0 Å². The maximum absolute atomic E-state index is 13.1. The minimum absolute atomic E-state index is 0.0222. The monoisotopic (exact) mass is 387 g/mol. The second-order valence-electron chi connectivity index (χ2n) is 7.45. The summed E-state index contributed by atoms with van der Waals surface area (Å²) in [4.78, 5) is 19.1. The van der Waals surface area contributed by atoms with Crippen LogP contribution >= 0.6 is 0 Å². The Morgan fingerprint density at radius 3 is 2.86 bits per heavy atom. The number of nitrogen functional groups attached to an aromatic ring is 1. The van der Waals surface area contributed by atoms with Crippen LogP contribution in [-0.4, -0.2) is 51.5 Å². The number of nitrogens with one attached hydrogen (secondary N) is 1. The lowest BCUT2D eigenvalue weighted by Gasteiger charge is -2.33. The van der Waals surface area contributed by atoms with Gasteiger partial charge in [-0.2, -0.15) is 4.98 Å². The van der Waals surface area contributed by atoms with Gasteiger partial charge in [-0.25, -0.2) is 0 Å². The van der Waals surface area contributed by atoms with E-state index < -0.39 is 11.8 Å². The van der Waals surface area contributed by atoms with Crippen LogP contribution in [0.5, 0.6) is 0 Å². The molecule has 1 aromatic heterocycles. The van der Waals surface area contributed by atoms with E-state index in [0.717, 1.165) is 5.56 Å². The van der Waals surface area contributed by atoms with Crippen molar-refractivity contribution in [1.29, 1.82) is 0 Å². The van der Waals surface area contributed by atoms with E-state index in [0.29, 0.717) is 17.9 Å². The third-order valence-corrected chi connectivity index (χ3v) is 5.42. The first-order valence-corrected chi connectivity index (χ1v) is 9.35. The number of aliphatic hydroxyl groups excluding tert-OH is 1. The van der Waals surface area contributed by atoms with Crippen LogP contribution in [0.2, 0.25) is 0 Å². The molecule has 2 aliphatic heterocycles. The van der Waals surface area contributed by atoms with Gasteiger partial charge < -0.3 is 30.9 Å². The average Bonchev–Trinajstić information content (AvgIpc) is 3.27. The first kappa shape index (κ1) is 18.7. The minimum Gasteiger partial charge on any atom is -0.394 e. The van der Waals surface area contributed by atoms with Crippen molar-refractivity contribution in [1.82, 2.24) is 9.55 Å². The second kappa shape index (κ2) is 7.08. The third-order valence-electron chi connectivity index (χ3n) is 5.42. The molecule has 0 aliphatic carbocycles. The zero-order chi connectivity index (χ0) is 19.9. The van der Waals surface area contributed by atoms with Crippen LogP contribution in [0.15, 0.2) is 35.1 Å². The van der Waals surface area contributed by atoms with Crippen molar-refractivity contribution in [3.05, 3.63) is 46.2 Å². The number of hydrogen-bond donors (Lipinski definition) is 4. The van der Waals surface area contributed by atoms with E-state index in [2.05, 4.69) is 10.3 Å². The fourth-order valence-corrected chi connectivity index (χ4v) is 3.98. The number of ether oxygens (including phenoxy) is 1. The largest absolute Gasteiger partial charge is 0.394 e. The Morgan fingerprint density at radius 1 is 1.43 bits per heavy atom. The van der Waals surface area contributed by atoms with E-state index in [9.17, 15) is 15.0 Å². The highest BCUT2D eigenvalue weighted by atomic mass is 16.5. The molecule has 28 heavy (non-hydrogen) atoms. The molecule has 2 aliphatic rings. The van der Waals surface area contributed by atoms with E-state index >= 15 is 0 Å². The van der Waals surface area contributed by atoms with Crippen LogP contribution in [0.1, 0.15) is 24.9 Å². The molecule has 1 saturated heterocycles. The molecule has 5 N–H and O–H groups in total. The number of hydrogen-bond acceptors (Lipinski definition) is 8. The van der Waals surface area contributed by atoms with Gasteiger partial charge in [0.15, 0.2) is 11.5 Å². The van der Waals surface area contributed by atoms with Gasteiger partial charge in [-0.15, -0.1) is 0 Å². The summed E-state index contributed by atoms with van der Waals surface area (Å²) in [6.07, 6.45) is 0.419. The van der Waals surface area contributed by atoms with Gasteiger partial charge in [0.1, 0.15) is 5.69 Å². The molecule has 1 fully saturated rings. The van der Waals surface area contributed by atoms with Gasteiger partial charge in [0.2, 0.25) is 5.95 Å². The molecule has 3 unspecified atom stereocenters. The van der Waals surface area contributed by atoms with Gasteiger partial charge in [-0.3, -0.25) is 9.36 Å². The molecule has 0 saturated carbocycles.